The average Bonchev–Trinajstić information content (AvgIpc) is 2.81. The van der Waals surface area contributed by atoms with Gasteiger partial charge < -0.3 is 0 Å². The summed E-state index contributed by atoms with van der Waals surface area (Å²) in [4.78, 5) is -0.845. The smallest absolute Gasteiger partial charge is 0.200 e. The first-order chi connectivity index (χ1) is 8.84. The highest BCUT2D eigenvalue weighted by Gasteiger charge is 2.30. The van der Waals surface area contributed by atoms with Crippen LogP contribution in [0.1, 0.15) is 15.3 Å². The van der Waals surface area contributed by atoms with Gasteiger partial charge in [-0.1, -0.05) is 27.5 Å². The molecule has 0 bridgehead atoms. The van der Waals surface area contributed by atoms with Crippen LogP contribution in [0.3, 0.4) is 0 Å². The van der Waals surface area contributed by atoms with Crippen LogP contribution in [0.5, 0.6) is 0 Å². The van der Waals surface area contributed by atoms with Crippen LogP contribution in [0.4, 0.5) is 22.0 Å². The number of hydrogen-bond donors (Lipinski definition) is 0. The molecule has 1 unspecified atom stereocenters. The van der Waals surface area contributed by atoms with Crippen molar-refractivity contribution in [1.29, 1.82) is 0 Å². The molecule has 0 nitrogen and oxygen atoms in total. The molecule has 2 aromatic rings. The quantitative estimate of drug-likeness (QED) is 0.277. The van der Waals surface area contributed by atoms with E-state index in [2.05, 4.69) is 15.9 Å². The summed E-state index contributed by atoms with van der Waals surface area (Å²) in [5.41, 5.74) is -0.935. The Hall–Kier alpha value is -0.660. The summed E-state index contributed by atoms with van der Waals surface area (Å²) in [6, 6.07) is 2.90. The molecule has 1 heterocycles. The minimum Gasteiger partial charge on any atom is -0.203 e. The van der Waals surface area contributed by atoms with E-state index in [9.17, 15) is 22.0 Å². The van der Waals surface area contributed by atoms with E-state index in [1.807, 2.05) is 0 Å². The minimum atomic E-state index is -2.18. The molecule has 0 N–H and O–H groups in total. The summed E-state index contributed by atoms with van der Waals surface area (Å²) >= 11 is 9.55. The van der Waals surface area contributed by atoms with Gasteiger partial charge in [-0.05, 0) is 12.1 Å². The van der Waals surface area contributed by atoms with E-state index in [1.165, 1.54) is 12.1 Å². The lowest BCUT2D eigenvalue weighted by Crippen LogP contribution is -2.08. The highest BCUT2D eigenvalue weighted by atomic mass is 79.9. The topological polar surface area (TPSA) is 0 Å². The van der Waals surface area contributed by atoms with Gasteiger partial charge in [0.1, 0.15) is 0 Å². The van der Waals surface area contributed by atoms with Crippen molar-refractivity contribution in [1.82, 2.24) is 0 Å². The van der Waals surface area contributed by atoms with Crippen LogP contribution >= 0.6 is 38.9 Å². The Morgan fingerprint density at radius 1 is 0.895 bits per heavy atom. The summed E-state index contributed by atoms with van der Waals surface area (Å²) < 4.78 is 66.5. The van der Waals surface area contributed by atoms with Crippen LogP contribution in [0.2, 0.25) is 4.34 Å². The van der Waals surface area contributed by atoms with E-state index in [1.54, 1.807) is 0 Å². The second-order valence-electron chi connectivity index (χ2n) is 3.49. The van der Waals surface area contributed by atoms with Crippen molar-refractivity contribution >= 4 is 38.9 Å². The molecule has 0 saturated carbocycles. The summed E-state index contributed by atoms with van der Waals surface area (Å²) in [5, 5.41) is 0. The van der Waals surface area contributed by atoms with Crippen molar-refractivity contribution in [3.63, 3.8) is 0 Å². The van der Waals surface area contributed by atoms with Crippen molar-refractivity contribution in [3.8, 4) is 0 Å². The van der Waals surface area contributed by atoms with Gasteiger partial charge in [0.25, 0.3) is 0 Å². The predicted molar refractivity (Wildman–Crippen MR) is 66.3 cm³/mol. The molecule has 0 aliphatic carbocycles. The molecule has 8 heteroatoms. The molecule has 0 aliphatic rings. The maximum atomic E-state index is 13.6. The fraction of sp³-hybridized carbons (Fsp3) is 0.0909. The Labute approximate surface area is 121 Å². The maximum absolute atomic E-state index is 13.6. The second-order valence-corrected chi connectivity index (χ2v) is 6.15. The monoisotopic (exact) mass is 376 g/mol. The lowest BCUT2D eigenvalue weighted by molar-refractivity contribution is 0.371. The summed E-state index contributed by atoms with van der Waals surface area (Å²) in [7, 11) is 0. The standard InChI is InChI=1S/C11H3BrClF5S/c12-6(3-1-2-4(13)19-3)5-7(14)9(16)11(18)10(17)8(5)15/h1-2,6H. The number of rotatable bonds is 2. The summed E-state index contributed by atoms with van der Waals surface area (Å²) in [5.74, 6) is -9.84. The van der Waals surface area contributed by atoms with Gasteiger partial charge >= 0.3 is 0 Å². The zero-order valence-electron chi connectivity index (χ0n) is 8.79. The van der Waals surface area contributed by atoms with Crippen LogP contribution in [-0.2, 0) is 0 Å². The molecule has 19 heavy (non-hydrogen) atoms. The third-order valence-electron chi connectivity index (χ3n) is 2.34. The van der Waals surface area contributed by atoms with Gasteiger partial charge in [-0.25, -0.2) is 22.0 Å². The zero-order chi connectivity index (χ0) is 14.3. The Morgan fingerprint density at radius 2 is 1.37 bits per heavy atom. The first kappa shape index (κ1) is 14.7. The molecular weight excluding hydrogens is 375 g/mol. The van der Waals surface area contributed by atoms with Crippen LogP contribution < -0.4 is 0 Å². The molecule has 0 saturated heterocycles. The van der Waals surface area contributed by atoms with Crippen LogP contribution in [0, 0.1) is 29.1 Å². The number of alkyl halides is 1. The third kappa shape index (κ3) is 2.51. The fourth-order valence-electron chi connectivity index (χ4n) is 1.45. The van der Waals surface area contributed by atoms with Gasteiger partial charge in [-0.3, -0.25) is 0 Å². The van der Waals surface area contributed by atoms with Crippen molar-refractivity contribution in [2.24, 2.45) is 0 Å². The number of hydrogen-bond acceptors (Lipinski definition) is 1. The molecule has 1 aromatic heterocycles. The third-order valence-corrected chi connectivity index (χ3v) is 4.89. The molecule has 0 aliphatic heterocycles. The van der Waals surface area contributed by atoms with Gasteiger partial charge in [-0.2, -0.15) is 0 Å². The van der Waals surface area contributed by atoms with Gasteiger partial charge in [0.05, 0.1) is 9.16 Å². The molecule has 102 valence electrons. The highest BCUT2D eigenvalue weighted by molar-refractivity contribution is 9.09. The maximum Gasteiger partial charge on any atom is 0.200 e. The van der Waals surface area contributed by atoms with E-state index < -0.39 is 39.5 Å². The van der Waals surface area contributed by atoms with Gasteiger partial charge in [-0.15, -0.1) is 11.3 Å². The molecule has 0 radical (unpaired) electrons. The van der Waals surface area contributed by atoms with Gasteiger partial charge in [0.15, 0.2) is 23.3 Å². The number of benzene rings is 1. The second kappa shape index (κ2) is 5.38. The molecule has 0 spiro atoms. The Morgan fingerprint density at radius 3 is 1.79 bits per heavy atom. The molecule has 1 aromatic carbocycles. The van der Waals surface area contributed by atoms with Crippen LogP contribution in [0.15, 0.2) is 12.1 Å². The lowest BCUT2D eigenvalue weighted by Gasteiger charge is -2.12. The molecule has 1 atom stereocenters. The first-order valence-electron chi connectivity index (χ1n) is 4.75. The van der Waals surface area contributed by atoms with Crippen LogP contribution in [-0.4, -0.2) is 0 Å². The lowest BCUT2D eigenvalue weighted by atomic mass is 10.1. The molecule has 0 fully saturated rings. The minimum absolute atomic E-state index is 0.327. The van der Waals surface area contributed by atoms with E-state index in [0.29, 0.717) is 9.21 Å². The molecule has 2 rings (SSSR count). The molecule has 0 amide bonds. The van der Waals surface area contributed by atoms with E-state index in [4.69, 9.17) is 11.6 Å². The Balaban J connectivity index is 2.63. The zero-order valence-corrected chi connectivity index (χ0v) is 11.9. The molecular formula is C11H3BrClF5S. The number of halogens is 7. The summed E-state index contributed by atoms with van der Waals surface area (Å²) in [6.07, 6.45) is 0. The van der Waals surface area contributed by atoms with Crippen molar-refractivity contribution in [3.05, 3.63) is 56.0 Å². The van der Waals surface area contributed by atoms with Gasteiger partial charge in [0, 0.05) is 10.4 Å². The average molecular weight is 378 g/mol. The highest BCUT2D eigenvalue weighted by Crippen LogP contribution is 2.40. The van der Waals surface area contributed by atoms with Crippen LogP contribution in [0.25, 0.3) is 0 Å². The van der Waals surface area contributed by atoms with E-state index in [-0.39, 0.29) is 0 Å². The summed E-state index contributed by atoms with van der Waals surface area (Å²) in [6.45, 7) is 0. The SMILES string of the molecule is Fc1c(F)c(F)c(C(Br)c2ccc(Cl)s2)c(F)c1F. The Bertz CT molecular complexity index is 613. The van der Waals surface area contributed by atoms with E-state index in [0.717, 1.165) is 11.3 Å². The van der Waals surface area contributed by atoms with Crippen molar-refractivity contribution in [2.45, 2.75) is 4.83 Å². The van der Waals surface area contributed by atoms with Crippen molar-refractivity contribution < 1.29 is 22.0 Å². The largest absolute Gasteiger partial charge is 0.203 e. The van der Waals surface area contributed by atoms with Crippen molar-refractivity contribution in [2.75, 3.05) is 0 Å². The van der Waals surface area contributed by atoms with Gasteiger partial charge in [0.2, 0.25) is 5.82 Å². The first-order valence-corrected chi connectivity index (χ1v) is 6.86. The Kier molecular flexibility index (Phi) is 4.17. The fourth-order valence-corrected chi connectivity index (χ4v) is 3.34. The predicted octanol–water partition coefficient (Wildman–Crippen LogP) is 5.58. The van der Waals surface area contributed by atoms with E-state index >= 15 is 0 Å². The number of thiophene rings is 1. The normalized spacial score (nSPS) is 12.8.